The zero-order chi connectivity index (χ0) is 12.1. The Morgan fingerprint density at radius 2 is 1.59 bits per heavy atom. The molecule has 0 aromatic carbocycles. The minimum absolute atomic E-state index is 0.547. The highest BCUT2D eigenvalue weighted by molar-refractivity contribution is 4.73. The summed E-state index contributed by atoms with van der Waals surface area (Å²) in [5, 5.41) is 0. The number of piperazine rings is 1. The van der Waals surface area contributed by atoms with E-state index in [1.54, 1.807) is 0 Å². The lowest BCUT2D eigenvalue weighted by Gasteiger charge is -2.50. The molecule has 0 bridgehead atoms. The van der Waals surface area contributed by atoms with E-state index in [0.29, 0.717) is 12.2 Å². The van der Waals surface area contributed by atoms with Crippen molar-refractivity contribution in [2.75, 3.05) is 60.0 Å². The number of hydrogen-bond acceptors (Lipinski definition) is 2. The standard InChI is InChI=1S/C13H26N2O2/c1-11-6-14(2,7-12-9-16-12)4-5-15(11,3)8-13-10-17-13/h11-13H,4-10H2,1-3H3/q+2. The summed E-state index contributed by atoms with van der Waals surface area (Å²) in [6, 6.07) is 0.733. The number of epoxide rings is 2. The van der Waals surface area contributed by atoms with E-state index in [1.165, 1.54) is 41.7 Å². The summed E-state index contributed by atoms with van der Waals surface area (Å²) in [6.07, 6.45) is 1.10. The van der Waals surface area contributed by atoms with Gasteiger partial charge in [0.2, 0.25) is 0 Å². The Hall–Kier alpha value is -0.160. The van der Waals surface area contributed by atoms with E-state index in [9.17, 15) is 0 Å². The van der Waals surface area contributed by atoms with Crippen molar-refractivity contribution in [3.63, 3.8) is 0 Å². The maximum atomic E-state index is 5.41. The van der Waals surface area contributed by atoms with E-state index < -0.39 is 0 Å². The van der Waals surface area contributed by atoms with E-state index >= 15 is 0 Å². The summed E-state index contributed by atoms with van der Waals surface area (Å²) in [7, 11) is 4.80. The average molecular weight is 242 g/mol. The molecular formula is C13H26N2O2+2. The van der Waals surface area contributed by atoms with Gasteiger partial charge in [0.25, 0.3) is 0 Å². The van der Waals surface area contributed by atoms with Gasteiger partial charge in [-0.15, -0.1) is 0 Å². The van der Waals surface area contributed by atoms with Gasteiger partial charge in [0.1, 0.15) is 51.0 Å². The van der Waals surface area contributed by atoms with Gasteiger partial charge in [-0.05, 0) is 6.92 Å². The maximum absolute atomic E-state index is 5.41. The van der Waals surface area contributed by atoms with E-state index in [-0.39, 0.29) is 0 Å². The molecule has 0 amide bonds. The van der Waals surface area contributed by atoms with Crippen LogP contribution in [0.2, 0.25) is 0 Å². The van der Waals surface area contributed by atoms with Gasteiger partial charge < -0.3 is 18.4 Å². The Bertz CT molecular complexity index is 304. The first-order valence-corrected chi connectivity index (χ1v) is 6.90. The van der Waals surface area contributed by atoms with Gasteiger partial charge in [0, 0.05) is 0 Å². The molecule has 17 heavy (non-hydrogen) atoms. The van der Waals surface area contributed by atoms with Gasteiger partial charge in [-0.3, -0.25) is 0 Å². The first kappa shape index (κ1) is 11.9. The quantitative estimate of drug-likeness (QED) is 0.515. The summed E-state index contributed by atoms with van der Waals surface area (Å²) in [6.45, 7) is 10.7. The second kappa shape index (κ2) is 3.92. The Kier molecular flexibility index (Phi) is 2.74. The molecule has 4 nitrogen and oxygen atoms in total. The fraction of sp³-hybridized carbons (Fsp3) is 1.00. The molecule has 3 aliphatic rings. The highest BCUT2D eigenvalue weighted by Crippen LogP contribution is 2.27. The molecule has 4 heteroatoms. The van der Waals surface area contributed by atoms with Crippen molar-refractivity contribution in [2.24, 2.45) is 0 Å². The molecule has 0 aromatic rings. The van der Waals surface area contributed by atoms with Crippen LogP contribution in [0.3, 0.4) is 0 Å². The predicted octanol–water partition coefficient (Wildman–Crippen LogP) is 0.0793. The molecule has 5 atom stereocenters. The zero-order valence-electron chi connectivity index (χ0n) is 11.4. The lowest BCUT2D eigenvalue weighted by Crippen LogP contribution is -2.69. The van der Waals surface area contributed by atoms with Crippen LogP contribution < -0.4 is 0 Å². The van der Waals surface area contributed by atoms with Crippen LogP contribution in [0.4, 0.5) is 0 Å². The summed E-state index contributed by atoms with van der Waals surface area (Å²) in [5.74, 6) is 0. The van der Waals surface area contributed by atoms with E-state index in [2.05, 4.69) is 21.0 Å². The molecular weight excluding hydrogens is 216 g/mol. The molecule has 0 saturated carbocycles. The Morgan fingerprint density at radius 3 is 2.12 bits per heavy atom. The molecule has 3 heterocycles. The third kappa shape index (κ3) is 2.65. The third-order valence-electron chi connectivity index (χ3n) is 4.99. The molecule has 0 N–H and O–H groups in total. The Balaban J connectivity index is 1.60. The first-order chi connectivity index (χ1) is 7.99. The van der Waals surface area contributed by atoms with Crippen LogP contribution >= 0.6 is 0 Å². The van der Waals surface area contributed by atoms with Crippen LogP contribution in [0.5, 0.6) is 0 Å². The SMILES string of the molecule is CC1C[N+](C)(CC2CO2)CC[N+]1(C)CC1CO1. The van der Waals surface area contributed by atoms with Gasteiger partial charge in [-0.25, -0.2) is 0 Å². The van der Waals surface area contributed by atoms with E-state index in [4.69, 9.17) is 9.47 Å². The molecule has 0 aliphatic carbocycles. The number of ether oxygens (including phenoxy) is 2. The summed E-state index contributed by atoms with van der Waals surface area (Å²) in [4.78, 5) is 0. The van der Waals surface area contributed by atoms with Crippen molar-refractivity contribution < 1.29 is 18.4 Å². The highest BCUT2D eigenvalue weighted by Gasteiger charge is 2.47. The Morgan fingerprint density at radius 1 is 1.00 bits per heavy atom. The number of quaternary nitrogens is 2. The van der Waals surface area contributed by atoms with Crippen molar-refractivity contribution in [3.05, 3.63) is 0 Å². The lowest BCUT2D eigenvalue weighted by molar-refractivity contribution is -1.03. The monoisotopic (exact) mass is 242 g/mol. The van der Waals surface area contributed by atoms with Crippen molar-refractivity contribution >= 4 is 0 Å². The summed E-state index contributed by atoms with van der Waals surface area (Å²) < 4.78 is 13.2. The number of nitrogens with zero attached hydrogens (tertiary/aromatic N) is 2. The van der Waals surface area contributed by atoms with Crippen molar-refractivity contribution in [3.8, 4) is 0 Å². The molecule has 98 valence electrons. The van der Waals surface area contributed by atoms with Crippen molar-refractivity contribution in [1.82, 2.24) is 0 Å². The molecule has 3 saturated heterocycles. The fourth-order valence-corrected chi connectivity index (χ4v) is 3.36. The van der Waals surface area contributed by atoms with Crippen LogP contribution in [-0.2, 0) is 9.47 Å². The van der Waals surface area contributed by atoms with Crippen LogP contribution in [0.25, 0.3) is 0 Å². The number of rotatable bonds is 4. The lowest BCUT2D eigenvalue weighted by atomic mass is 10.1. The van der Waals surface area contributed by atoms with E-state index in [1.807, 2.05) is 0 Å². The van der Waals surface area contributed by atoms with Crippen LogP contribution in [-0.4, -0.2) is 87.2 Å². The largest absolute Gasteiger partial charge is 0.367 e. The van der Waals surface area contributed by atoms with E-state index in [0.717, 1.165) is 19.3 Å². The molecule has 0 spiro atoms. The van der Waals surface area contributed by atoms with Crippen LogP contribution in [0, 0.1) is 0 Å². The van der Waals surface area contributed by atoms with Gasteiger partial charge in [0.15, 0.2) is 0 Å². The van der Waals surface area contributed by atoms with Gasteiger partial charge in [-0.2, -0.15) is 0 Å². The topological polar surface area (TPSA) is 25.1 Å². The summed E-state index contributed by atoms with van der Waals surface area (Å²) >= 11 is 0. The maximum Gasteiger partial charge on any atom is 0.136 e. The molecule has 0 aromatic heterocycles. The highest BCUT2D eigenvalue weighted by atomic mass is 16.6. The normalized spacial score (nSPS) is 53.5. The smallest absolute Gasteiger partial charge is 0.136 e. The third-order valence-corrected chi connectivity index (χ3v) is 4.99. The average Bonchev–Trinajstić information content (AvgIpc) is 3.10. The first-order valence-electron chi connectivity index (χ1n) is 6.90. The minimum atomic E-state index is 0.547. The fourth-order valence-electron chi connectivity index (χ4n) is 3.36. The van der Waals surface area contributed by atoms with Gasteiger partial charge in [-0.1, -0.05) is 0 Å². The molecule has 0 radical (unpaired) electrons. The van der Waals surface area contributed by atoms with Crippen molar-refractivity contribution in [2.45, 2.75) is 25.2 Å². The van der Waals surface area contributed by atoms with Gasteiger partial charge >= 0.3 is 0 Å². The zero-order valence-corrected chi connectivity index (χ0v) is 11.4. The Labute approximate surface area is 104 Å². The molecule has 3 fully saturated rings. The number of hydrogen-bond donors (Lipinski definition) is 0. The number of likely N-dealkylation sites (N-methyl/N-ethyl adjacent to an activating group) is 2. The molecule has 3 rings (SSSR count). The second-order valence-corrected chi connectivity index (χ2v) is 6.85. The summed E-state index contributed by atoms with van der Waals surface area (Å²) in [5.41, 5.74) is 0. The minimum Gasteiger partial charge on any atom is -0.367 e. The van der Waals surface area contributed by atoms with Crippen LogP contribution in [0.15, 0.2) is 0 Å². The predicted molar refractivity (Wildman–Crippen MR) is 65.6 cm³/mol. The second-order valence-electron chi connectivity index (χ2n) is 6.85. The van der Waals surface area contributed by atoms with Gasteiger partial charge in [0.05, 0.1) is 27.3 Å². The van der Waals surface area contributed by atoms with Crippen LogP contribution in [0.1, 0.15) is 6.92 Å². The molecule has 5 unspecified atom stereocenters. The van der Waals surface area contributed by atoms with Crippen molar-refractivity contribution in [1.29, 1.82) is 0 Å². The molecule has 3 aliphatic heterocycles.